The number of guanidine groups is 1. The first kappa shape index (κ1) is 18.6. The van der Waals surface area contributed by atoms with Crippen LogP contribution in [0.1, 0.15) is 31.4 Å². The van der Waals surface area contributed by atoms with Crippen molar-refractivity contribution < 1.29 is 14.6 Å². The van der Waals surface area contributed by atoms with Gasteiger partial charge in [-0.2, -0.15) is 0 Å². The van der Waals surface area contributed by atoms with Crippen LogP contribution < -0.4 is 10.6 Å². The summed E-state index contributed by atoms with van der Waals surface area (Å²) < 4.78 is 11.0. The number of aliphatic hydroxyl groups is 1. The molecule has 0 bridgehead atoms. The first-order valence-corrected chi connectivity index (χ1v) is 8.59. The van der Waals surface area contributed by atoms with E-state index in [0.717, 1.165) is 38.1 Å². The van der Waals surface area contributed by atoms with Gasteiger partial charge in [0.15, 0.2) is 5.96 Å². The van der Waals surface area contributed by atoms with Gasteiger partial charge in [0.05, 0.1) is 25.4 Å². The molecule has 1 aliphatic rings. The summed E-state index contributed by atoms with van der Waals surface area (Å²) in [5, 5.41) is 16.6. The molecular weight excluding hydrogens is 308 g/mol. The smallest absolute Gasteiger partial charge is 0.191 e. The fourth-order valence-corrected chi connectivity index (χ4v) is 2.38. The lowest BCUT2D eigenvalue weighted by atomic mass is 10.1. The van der Waals surface area contributed by atoms with Crippen molar-refractivity contribution >= 4 is 5.96 Å². The summed E-state index contributed by atoms with van der Waals surface area (Å²) in [5.74, 6) is 0.704. The van der Waals surface area contributed by atoms with Crippen LogP contribution in [0.15, 0.2) is 29.5 Å². The molecule has 1 fully saturated rings. The standard InChI is InChI=1S/C17H28N4O3/c1-2-19-17(20-7-3-10-24-15-6-11-23-13-15)21-12-16(22)14-4-8-18-9-5-14/h4-5,8-9,15-16,22H,2-3,6-7,10-13H2,1H3,(H2,19,20,21). The first-order valence-electron chi connectivity index (χ1n) is 8.59. The number of aliphatic imine (C=N–C) groups is 1. The summed E-state index contributed by atoms with van der Waals surface area (Å²) in [6.07, 6.45) is 4.84. The van der Waals surface area contributed by atoms with Gasteiger partial charge in [0.25, 0.3) is 0 Å². The minimum atomic E-state index is -0.630. The highest BCUT2D eigenvalue weighted by atomic mass is 16.5. The molecule has 0 aliphatic carbocycles. The van der Waals surface area contributed by atoms with Crippen LogP contribution in [0.5, 0.6) is 0 Å². The van der Waals surface area contributed by atoms with E-state index in [1.807, 2.05) is 6.92 Å². The maximum atomic E-state index is 10.1. The SMILES string of the molecule is CCNC(=NCC(O)c1ccncc1)NCCCOC1CCOC1. The number of nitrogens with zero attached hydrogens (tertiary/aromatic N) is 2. The summed E-state index contributed by atoms with van der Waals surface area (Å²) >= 11 is 0. The molecular formula is C17H28N4O3. The Hall–Kier alpha value is -1.70. The van der Waals surface area contributed by atoms with Crippen LogP contribution in [0, 0.1) is 0 Å². The maximum Gasteiger partial charge on any atom is 0.191 e. The van der Waals surface area contributed by atoms with Crippen LogP contribution in [0.25, 0.3) is 0 Å². The minimum Gasteiger partial charge on any atom is -0.386 e. The minimum absolute atomic E-state index is 0.252. The maximum absolute atomic E-state index is 10.1. The Kier molecular flexibility index (Phi) is 8.51. The summed E-state index contributed by atoms with van der Waals surface area (Å²) in [6.45, 7) is 6.08. The van der Waals surface area contributed by atoms with Gasteiger partial charge in [-0.15, -0.1) is 0 Å². The van der Waals surface area contributed by atoms with E-state index in [1.54, 1.807) is 24.5 Å². The highest BCUT2D eigenvalue weighted by Crippen LogP contribution is 2.11. The van der Waals surface area contributed by atoms with E-state index in [2.05, 4.69) is 20.6 Å². The van der Waals surface area contributed by atoms with Crippen LogP contribution in [-0.4, -0.2) is 61.6 Å². The van der Waals surface area contributed by atoms with E-state index >= 15 is 0 Å². The number of hydrogen-bond acceptors (Lipinski definition) is 5. The van der Waals surface area contributed by atoms with Crippen molar-refractivity contribution in [3.8, 4) is 0 Å². The van der Waals surface area contributed by atoms with Gasteiger partial charge >= 0.3 is 0 Å². The molecule has 2 heterocycles. The van der Waals surface area contributed by atoms with Crippen LogP contribution in [0.4, 0.5) is 0 Å². The van der Waals surface area contributed by atoms with E-state index in [-0.39, 0.29) is 6.10 Å². The lowest BCUT2D eigenvalue weighted by Gasteiger charge is -2.14. The molecule has 134 valence electrons. The Labute approximate surface area is 143 Å². The van der Waals surface area contributed by atoms with Gasteiger partial charge in [0.1, 0.15) is 0 Å². The molecule has 0 aromatic carbocycles. The predicted molar refractivity (Wildman–Crippen MR) is 93.0 cm³/mol. The van der Waals surface area contributed by atoms with E-state index in [0.29, 0.717) is 25.7 Å². The molecule has 2 rings (SSSR count). The largest absolute Gasteiger partial charge is 0.386 e. The molecule has 7 nitrogen and oxygen atoms in total. The Morgan fingerprint density at radius 3 is 3.00 bits per heavy atom. The van der Waals surface area contributed by atoms with Gasteiger partial charge in [-0.1, -0.05) is 0 Å². The highest BCUT2D eigenvalue weighted by molar-refractivity contribution is 5.79. The van der Waals surface area contributed by atoms with E-state index in [9.17, 15) is 5.11 Å². The van der Waals surface area contributed by atoms with Crippen LogP contribution >= 0.6 is 0 Å². The molecule has 24 heavy (non-hydrogen) atoms. The molecule has 0 radical (unpaired) electrons. The Balaban J connectivity index is 1.67. The Morgan fingerprint density at radius 1 is 1.46 bits per heavy atom. The normalized spacial score (nSPS) is 19.2. The molecule has 1 saturated heterocycles. The van der Waals surface area contributed by atoms with Crippen molar-refractivity contribution in [1.29, 1.82) is 0 Å². The number of hydrogen-bond donors (Lipinski definition) is 3. The number of pyridine rings is 1. The van der Waals surface area contributed by atoms with Gasteiger partial charge in [0.2, 0.25) is 0 Å². The van der Waals surface area contributed by atoms with E-state index < -0.39 is 6.10 Å². The number of nitrogens with one attached hydrogen (secondary N) is 2. The molecule has 7 heteroatoms. The van der Waals surface area contributed by atoms with Crippen molar-refractivity contribution in [2.75, 3.05) is 39.5 Å². The van der Waals surface area contributed by atoms with Crippen LogP contribution in [0.2, 0.25) is 0 Å². The lowest BCUT2D eigenvalue weighted by molar-refractivity contribution is 0.0420. The third-order valence-electron chi connectivity index (χ3n) is 3.71. The zero-order chi connectivity index (χ0) is 17.0. The van der Waals surface area contributed by atoms with Crippen molar-refractivity contribution in [3.05, 3.63) is 30.1 Å². The molecule has 1 aliphatic heterocycles. The predicted octanol–water partition coefficient (Wildman–Crippen LogP) is 0.866. The molecule has 2 atom stereocenters. The summed E-state index contributed by atoms with van der Waals surface area (Å²) in [6, 6.07) is 3.59. The second-order valence-electron chi connectivity index (χ2n) is 5.65. The third-order valence-corrected chi connectivity index (χ3v) is 3.71. The average molecular weight is 336 g/mol. The molecule has 1 aromatic heterocycles. The molecule has 0 saturated carbocycles. The number of rotatable bonds is 9. The zero-order valence-corrected chi connectivity index (χ0v) is 14.3. The van der Waals surface area contributed by atoms with Crippen molar-refractivity contribution in [3.63, 3.8) is 0 Å². The molecule has 0 amide bonds. The number of aliphatic hydroxyl groups excluding tert-OH is 1. The monoisotopic (exact) mass is 336 g/mol. The second-order valence-corrected chi connectivity index (χ2v) is 5.65. The highest BCUT2D eigenvalue weighted by Gasteiger charge is 2.15. The van der Waals surface area contributed by atoms with Crippen molar-refractivity contribution in [2.24, 2.45) is 4.99 Å². The first-order chi connectivity index (χ1) is 11.8. The third kappa shape index (κ3) is 6.82. The van der Waals surface area contributed by atoms with Gasteiger partial charge < -0.3 is 25.2 Å². The lowest BCUT2D eigenvalue weighted by Crippen LogP contribution is -2.38. The fraction of sp³-hybridized carbons (Fsp3) is 0.647. The summed E-state index contributed by atoms with van der Waals surface area (Å²) in [5.41, 5.74) is 0.816. The van der Waals surface area contributed by atoms with Crippen LogP contribution in [-0.2, 0) is 9.47 Å². The van der Waals surface area contributed by atoms with Crippen molar-refractivity contribution in [1.82, 2.24) is 15.6 Å². The summed E-state index contributed by atoms with van der Waals surface area (Å²) in [7, 11) is 0. The van der Waals surface area contributed by atoms with Crippen molar-refractivity contribution in [2.45, 2.75) is 32.0 Å². The number of aromatic nitrogens is 1. The average Bonchev–Trinajstić information content (AvgIpc) is 3.13. The zero-order valence-electron chi connectivity index (χ0n) is 14.3. The topological polar surface area (TPSA) is 88.0 Å². The van der Waals surface area contributed by atoms with E-state index in [1.165, 1.54) is 0 Å². The number of ether oxygens (including phenoxy) is 2. The summed E-state index contributed by atoms with van der Waals surface area (Å²) in [4.78, 5) is 8.38. The van der Waals surface area contributed by atoms with Gasteiger partial charge in [-0.25, -0.2) is 0 Å². The fourth-order valence-electron chi connectivity index (χ4n) is 2.38. The molecule has 2 unspecified atom stereocenters. The quantitative estimate of drug-likeness (QED) is 0.352. The Bertz CT molecular complexity index is 478. The van der Waals surface area contributed by atoms with Gasteiger partial charge in [0, 0.05) is 38.7 Å². The molecule has 0 spiro atoms. The molecule has 1 aromatic rings. The molecule has 3 N–H and O–H groups in total. The second kappa shape index (κ2) is 11.0. The Morgan fingerprint density at radius 2 is 2.29 bits per heavy atom. The van der Waals surface area contributed by atoms with Gasteiger partial charge in [-0.05, 0) is 37.5 Å². The van der Waals surface area contributed by atoms with E-state index in [4.69, 9.17) is 9.47 Å². The van der Waals surface area contributed by atoms with Crippen LogP contribution in [0.3, 0.4) is 0 Å². The van der Waals surface area contributed by atoms with Gasteiger partial charge in [-0.3, -0.25) is 9.98 Å².